The van der Waals surface area contributed by atoms with Crippen LogP contribution in [0, 0.1) is 5.92 Å². The fourth-order valence-corrected chi connectivity index (χ4v) is 3.72. The standard InChI is InChI=1S/C11H20NO6P/c1-3-17-19(16,18-4-2)8-10(13)9-5-6-12(7-9)11(14)15/h9H,3-8H2,1-2H3,(H,14,15). The average molecular weight is 293 g/mol. The number of hydrogen-bond donors (Lipinski definition) is 1. The summed E-state index contributed by atoms with van der Waals surface area (Å²) in [6.07, 6.45) is -0.857. The molecule has 0 bridgehead atoms. The Morgan fingerprint density at radius 2 is 1.89 bits per heavy atom. The van der Waals surface area contributed by atoms with Crippen LogP contribution in [0.5, 0.6) is 0 Å². The van der Waals surface area contributed by atoms with Gasteiger partial charge in [-0.15, -0.1) is 0 Å². The summed E-state index contributed by atoms with van der Waals surface area (Å²) in [6.45, 7) is 4.26. The minimum absolute atomic E-state index is 0.159. The van der Waals surface area contributed by atoms with Crippen LogP contribution in [0.1, 0.15) is 20.3 Å². The lowest BCUT2D eigenvalue weighted by Gasteiger charge is -2.18. The highest BCUT2D eigenvalue weighted by atomic mass is 31.2. The highest BCUT2D eigenvalue weighted by molar-refractivity contribution is 7.54. The molecular weight excluding hydrogens is 273 g/mol. The molecule has 8 heteroatoms. The first-order valence-electron chi connectivity index (χ1n) is 6.30. The lowest BCUT2D eigenvalue weighted by molar-refractivity contribution is -0.120. The van der Waals surface area contributed by atoms with Gasteiger partial charge in [0, 0.05) is 19.0 Å². The van der Waals surface area contributed by atoms with Crippen LogP contribution in [-0.4, -0.2) is 54.3 Å². The van der Waals surface area contributed by atoms with E-state index in [9.17, 15) is 14.2 Å². The van der Waals surface area contributed by atoms with Crippen molar-refractivity contribution >= 4 is 19.5 Å². The molecule has 0 aromatic rings. The van der Waals surface area contributed by atoms with E-state index in [-0.39, 0.29) is 31.7 Å². The van der Waals surface area contributed by atoms with Crippen molar-refractivity contribution in [1.29, 1.82) is 0 Å². The van der Waals surface area contributed by atoms with Crippen molar-refractivity contribution in [1.82, 2.24) is 4.90 Å². The van der Waals surface area contributed by atoms with Gasteiger partial charge < -0.3 is 19.1 Å². The van der Waals surface area contributed by atoms with Crippen molar-refractivity contribution in [3.05, 3.63) is 0 Å². The SMILES string of the molecule is CCOP(=O)(CC(=O)C1CCN(C(=O)O)C1)OCC. The van der Waals surface area contributed by atoms with Crippen LogP contribution < -0.4 is 0 Å². The Bertz CT molecular complexity index is 375. The zero-order chi connectivity index (χ0) is 14.5. The normalized spacial score (nSPS) is 19.7. The van der Waals surface area contributed by atoms with Crippen LogP contribution in [-0.2, 0) is 18.4 Å². The number of carbonyl (C=O) groups is 2. The molecule has 1 saturated heterocycles. The predicted molar refractivity (Wildman–Crippen MR) is 68.4 cm³/mol. The third-order valence-corrected chi connectivity index (χ3v) is 4.92. The maximum atomic E-state index is 12.2. The summed E-state index contributed by atoms with van der Waals surface area (Å²) >= 11 is 0. The predicted octanol–water partition coefficient (Wildman–Crippen LogP) is 1.82. The maximum Gasteiger partial charge on any atom is 0.407 e. The van der Waals surface area contributed by atoms with Crippen molar-refractivity contribution in [2.45, 2.75) is 20.3 Å². The van der Waals surface area contributed by atoms with E-state index in [1.54, 1.807) is 13.8 Å². The topological polar surface area (TPSA) is 93.1 Å². The van der Waals surface area contributed by atoms with Crippen molar-refractivity contribution in [2.75, 3.05) is 32.5 Å². The molecule has 0 aromatic heterocycles. The van der Waals surface area contributed by atoms with E-state index >= 15 is 0 Å². The molecule has 0 radical (unpaired) electrons. The van der Waals surface area contributed by atoms with E-state index in [4.69, 9.17) is 14.2 Å². The second-order valence-electron chi connectivity index (χ2n) is 4.29. The molecule has 1 rings (SSSR count). The third kappa shape index (κ3) is 4.60. The van der Waals surface area contributed by atoms with Gasteiger partial charge in [0.15, 0.2) is 0 Å². The van der Waals surface area contributed by atoms with Crippen LogP contribution in [0.4, 0.5) is 4.79 Å². The van der Waals surface area contributed by atoms with Crippen molar-refractivity contribution < 1.29 is 28.3 Å². The summed E-state index contributed by atoms with van der Waals surface area (Å²) in [6, 6.07) is 0. The first kappa shape index (κ1) is 16.1. The van der Waals surface area contributed by atoms with Gasteiger partial charge in [0.2, 0.25) is 0 Å². The summed E-state index contributed by atoms with van der Waals surface area (Å²) in [5.41, 5.74) is 0. The average Bonchev–Trinajstić information content (AvgIpc) is 2.78. The molecule has 1 aliphatic rings. The third-order valence-electron chi connectivity index (χ3n) is 2.92. The van der Waals surface area contributed by atoms with Gasteiger partial charge in [0.05, 0.1) is 13.2 Å². The molecule has 1 amide bonds. The quantitative estimate of drug-likeness (QED) is 0.720. The first-order valence-corrected chi connectivity index (χ1v) is 8.03. The van der Waals surface area contributed by atoms with Crippen LogP contribution in [0.2, 0.25) is 0 Å². The molecule has 110 valence electrons. The first-order chi connectivity index (χ1) is 8.91. The van der Waals surface area contributed by atoms with Gasteiger partial charge >= 0.3 is 13.7 Å². The Morgan fingerprint density at radius 1 is 1.32 bits per heavy atom. The summed E-state index contributed by atoms with van der Waals surface area (Å²) in [7, 11) is -3.39. The molecule has 1 atom stereocenters. The number of hydrogen-bond acceptors (Lipinski definition) is 5. The van der Waals surface area contributed by atoms with Gasteiger partial charge in [-0.3, -0.25) is 9.36 Å². The number of nitrogens with zero attached hydrogens (tertiary/aromatic N) is 1. The minimum Gasteiger partial charge on any atom is -0.465 e. The molecule has 0 aromatic carbocycles. The van der Waals surface area contributed by atoms with Gasteiger partial charge in [0.1, 0.15) is 11.9 Å². The number of amides is 1. The van der Waals surface area contributed by atoms with Crippen molar-refractivity contribution in [3.63, 3.8) is 0 Å². The molecule has 1 fully saturated rings. The van der Waals surface area contributed by atoms with Crippen LogP contribution in [0.25, 0.3) is 0 Å². The largest absolute Gasteiger partial charge is 0.465 e. The fraction of sp³-hybridized carbons (Fsp3) is 0.818. The van der Waals surface area contributed by atoms with Crippen molar-refractivity contribution in [3.8, 4) is 0 Å². The van der Waals surface area contributed by atoms with E-state index < -0.39 is 19.6 Å². The van der Waals surface area contributed by atoms with Gasteiger partial charge in [-0.2, -0.15) is 0 Å². The second-order valence-corrected chi connectivity index (χ2v) is 6.34. The van der Waals surface area contributed by atoms with Crippen LogP contribution in [0.15, 0.2) is 0 Å². The number of ketones is 1. The number of carbonyl (C=O) groups excluding carboxylic acids is 1. The minimum atomic E-state index is -3.39. The molecule has 1 aliphatic heterocycles. The molecule has 1 unspecified atom stereocenters. The Balaban J connectivity index is 2.58. The van der Waals surface area contributed by atoms with E-state index in [0.717, 1.165) is 0 Å². The van der Waals surface area contributed by atoms with Gasteiger partial charge in [-0.05, 0) is 20.3 Å². The molecule has 7 nitrogen and oxygen atoms in total. The van der Waals surface area contributed by atoms with E-state index in [1.807, 2.05) is 0 Å². The Morgan fingerprint density at radius 3 is 2.32 bits per heavy atom. The van der Waals surface area contributed by atoms with E-state index in [1.165, 1.54) is 4.90 Å². The van der Waals surface area contributed by atoms with Gasteiger partial charge in [0.25, 0.3) is 0 Å². The smallest absolute Gasteiger partial charge is 0.407 e. The molecule has 1 heterocycles. The fourth-order valence-electron chi connectivity index (χ4n) is 2.04. The lowest BCUT2D eigenvalue weighted by atomic mass is 10.1. The molecule has 0 saturated carbocycles. The Kier molecular flexibility index (Phi) is 5.97. The number of Topliss-reactive ketones (excluding diaryl/α,β-unsaturated/α-hetero) is 1. The summed E-state index contributed by atoms with van der Waals surface area (Å²) in [4.78, 5) is 24.0. The van der Waals surface area contributed by atoms with Gasteiger partial charge in [-0.1, -0.05) is 0 Å². The number of likely N-dealkylation sites (tertiary alicyclic amines) is 1. The van der Waals surface area contributed by atoms with Gasteiger partial charge in [-0.25, -0.2) is 4.79 Å². The Labute approximate surface area is 112 Å². The van der Waals surface area contributed by atoms with E-state index in [2.05, 4.69) is 0 Å². The zero-order valence-electron chi connectivity index (χ0n) is 11.2. The summed E-state index contributed by atoms with van der Waals surface area (Å²) in [5.74, 6) is -0.667. The highest BCUT2D eigenvalue weighted by Crippen LogP contribution is 2.48. The molecule has 19 heavy (non-hydrogen) atoms. The molecule has 0 aliphatic carbocycles. The second kappa shape index (κ2) is 7.03. The van der Waals surface area contributed by atoms with Crippen LogP contribution in [0.3, 0.4) is 0 Å². The summed E-state index contributed by atoms with van der Waals surface area (Å²) in [5, 5.41) is 8.82. The zero-order valence-corrected chi connectivity index (χ0v) is 12.1. The van der Waals surface area contributed by atoms with Crippen LogP contribution >= 0.6 is 7.60 Å². The number of rotatable bonds is 7. The molecule has 0 spiro atoms. The Hall–Kier alpha value is -0.910. The molecule has 1 N–H and O–H groups in total. The maximum absolute atomic E-state index is 12.2. The monoisotopic (exact) mass is 293 g/mol. The molecular formula is C11H20NO6P. The van der Waals surface area contributed by atoms with E-state index in [0.29, 0.717) is 13.0 Å². The summed E-state index contributed by atoms with van der Waals surface area (Å²) < 4.78 is 22.3. The highest BCUT2D eigenvalue weighted by Gasteiger charge is 2.36. The number of carboxylic acid groups (broad SMARTS) is 1. The lowest BCUT2D eigenvalue weighted by Crippen LogP contribution is -2.29. The van der Waals surface area contributed by atoms with Crippen molar-refractivity contribution in [2.24, 2.45) is 5.92 Å².